The SMILES string of the molecule is C=C(CCOCCOCCOCCOCCOCCOCCOCCOCCNC(=O)c1cccc(C(=O)N[C@@H](C(=O)N2CCC(c3ccc(Cl)cc3)CC2)C(C)C)c1)NCCOCCOCCOCCOCCOCCOCCOCCOCCOCCOCCOCCNC(=O)CCCC[C@@H]1SC[C@@H]2CC(=O)N[C@@H]21. The Kier molecular flexibility index (Phi) is 57.9. The van der Waals surface area contributed by atoms with E-state index in [4.69, 9.17) is 102 Å². The van der Waals surface area contributed by atoms with E-state index in [2.05, 4.69) is 33.2 Å². The van der Waals surface area contributed by atoms with Crippen molar-refractivity contribution in [1.29, 1.82) is 0 Å². The first-order chi connectivity index (χ1) is 54.5. The smallest absolute Gasteiger partial charge is 0.251 e. The monoisotopic (exact) mass is 1610 g/mol. The highest BCUT2D eigenvalue weighted by atomic mass is 35.5. The van der Waals surface area contributed by atoms with Crippen LogP contribution in [0.5, 0.6) is 0 Å². The van der Waals surface area contributed by atoms with Gasteiger partial charge in [-0.05, 0) is 85.1 Å². The van der Waals surface area contributed by atoms with Gasteiger partial charge in [-0.1, -0.05) is 56.6 Å². The summed E-state index contributed by atoms with van der Waals surface area (Å²) >= 11 is 8.03. The van der Waals surface area contributed by atoms with Gasteiger partial charge in [0.25, 0.3) is 11.8 Å². The minimum atomic E-state index is -0.699. The summed E-state index contributed by atoms with van der Waals surface area (Å²) in [7, 11) is 0. The first kappa shape index (κ1) is 96.8. The van der Waals surface area contributed by atoms with Gasteiger partial charge in [-0.3, -0.25) is 24.0 Å². The first-order valence-electron chi connectivity index (χ1n) is 39.8. The van der Waals surface area contributed by atoms with Gasteiger partial charge in [0.1, 0.15) is 6.04 Å². The number of nitrogens with zero attached hydrogens (tertiary/aromatic N) is 1. The maximum atomic E-state index is 13.6. The number of ether oxygens (including phenoxy) is 19. The van der Waals surface area contributed by atoms with Crippen molar-refractivity contribution in [2.24, 2.45) is 11.8 Å². The predicted octanol–water partition coefficient (Wildman–Crippen LogP) is 5.34. The summed E-state index contributed by atoms with van der Waals surface area (Å²) in [6.45, 7) is 27.9. The summed E-state index contributed by atoms with van der Waals surface area (Å²) in [5.41, 5.74) is 2.73. The molecule has 3 aliphatic rings. The fourth-order valence-electron chi connectivity index (χ4n) is 11.7. The van der Waals surface area contributed by atoms with E-state index in [-0.39, 0.29) is 42.7 Å². The molecule has 111 heavy (non-hydrogen) atoms. The van der Waals surface area contributed by atoms with E-state index in [1.54, 1.807) is 18.2 Å². The maximum Gasteiger partial charge on any atom is 0.251 e. The average Bonchev–Trinajstić information content (AvgIpc) is 1.79. The van der Waals surface area contributed by atoms with Gasteiger partial charge in [0.05, 0.1) is 251 Å². The quantitative estimate of drug-likeness (QED) is 0.0522. The number of rotatable bonds is 75. The fraction of sp³-hybridized carbons (Fsp3) is 0.759. The summed E-state index contributed by atoms with van der Waals surface area (Å²) in [4.78, 5) is 65.5. The van der Waals surface area contributed by atoms with Gasteiger partial charge in [-0.15, -0.1) is 0 Å². The van der Waals surface area contributed by atoms with Crippen molar-refractivity contribution in [2.75, 3.05) is 290 Å². The molecule has 3 saturated heterocycles. The molecule has 2 aromatic rings. The second kappa shape index (κ2) is 66.4. The molecule has 4 atom stereocenters. The van der Waals surface area contributed by atoms with Crippen molar-refractivity contribution in [3.8, 4) is 0 Å². The van der Waals surface area contributed by atoms with Gasteiger partial charge in [-0.2, -0.15) is 11.8 Å². The zero-order chi connectivity index (χ0) is 78.9. The van der Waals surface area contributed by atoms with Gasteiger partial charge < -0.3 is 121 Å². The third-order valence-corrected chi connectivity index (χ3v) is 19.5. The van der Waals surface area contributed by atoms with E-state index in [9.17, 15) is 24.0 Å². The minimum absolute atomic E-state index is 0.0472. The average molecular weight is 1620 g/mol. The van der Waals surface area contributed by atoms with Crippen molar-refractivity contribution in [2.45, 2.75) is 88.5 Å². The maximum absolute atomic E-state index is 13.6. The molecule has 0 aromatic heterocycles. The van der Waals surface area contributed by atoms with Gasteiger partial charge in [-0.25, -0.2) is 0 Å². The molecule has 2 aromatic carbocycles. The molecular formula is C79H131ClN6O24S. The summed E-state index contributed by atoms with van der Waals surface area (Å²) in [6.07, 6.45) is 6.42. The summed E-state index contributed by atoms with van der Waals surface area (Å²) in [5, 5.41) is 16.2. The molecule has 5 amide bonds. The number of unbranched alkanes of at least 4 members (excludes halogenated alkanes) is 1. The van der Waals surface area contributed by atoms with Crippen LogP contribution < -0.4 is 26.6 Å². The van der Waals surface area contributed by atoms with Crippen LogP contribution >= 0.6 is 23.4 Å². The lowest BCUT2D eigenvalue weighted by molar-refractivity contribution is -0.135. The molecule has 30 nitrogen and oxygen atoms in total. The van der Waals surface area contributed by atoms with Crippen molar-refractivity contribution >= 4 is 52.9 Å². The van der Waals surface area contributed by atoms with Crippen LogP contribution in [0.25, 0.3) is 0 Å². The van der Waals surface area contributed by atoms with E-state index in [1.807, 2.05) is 54.8 Å². The van der Waals surface area contributed by atoms with E-state index in [0.29, 0.717) is 329 Å². The number of fused-ring (bicyclic) bond motifs is 1. The van der Waals surface area contributed by atoms with Crippen LogP contribution in [0.4, 0.5) is 0 Å². The lowest BCUT2D eigenvalue weighted by Crippen LogP contribution is -2.52. The molecule has 0 saturated carbocycles. The van der Waals surface area contributed by atoms with Crippen LogP contribution in [-0.2, 0) is 104 Å². The van der Waals surface area contributed by atoms with E-state index >= 15 is 0 Å². The Bertz CT molecular complexity index is 2700. The third kappa shape index (κ3) is 49.0. The Hall–Kier alpha value is -4.79. The summed E-state index contributed by atoms with van der Waals surface area (Å²) in [5.74, 6) is 1.15. The summed E-state index contributed by atoms with van der Waals surface area (Å²) < 4.78 is 106. The number of amides is 5. The molecular weight excluding hydrogens is 1480 g/mol. The zero-order valence-corrected chi connectivity index (χ0v) is 67.7. The molecule has 5 rings (SSSR count). The number of likely N-dealkylation sites (tertiary alicyclic amines) is 1. The van der Waals surface area contributed by atoms with Crippen LogP contribution in [0.1, 0.15) is 97.4 Å². The van der Waals surface area contributed by atoms with Crippen LogP contribution in [-0.4, -0.2) is 341 Å². The fourth-order valence-corrected chi connectivity index (χ4v) is 13.4. The number of benzene rings is 2. The number of nitrogens with one attached hydrogen (secondary N) is 5. The van der Waals surface area contributed by atoms with Crippen molar-refractivity contribution in [3.05, 3.63) is 82.5 Å². The van der Waals surface area contributed by atoms with Gasteiger partial charge in [0.2, 0.25) is 17.7 Å². The molecule has 0 spiro atoms. The van der Waals surface area contributed by atoms with Crippen molar-refractivity contribution < 1.29 is 114 Å². The molecule has 0 bridgehead atoms. The number of carbonyl (C=O) groups excluding carboxylic acids is 5. The highest BCUT2D eigenvalue weighted by molar-refractivity contribution is 8.00. The molecule has 5 N–H and O–H groups in total. The van der Waals surface area contributed by atoms with Gasteiger partial charge in [0, 0.05) is 85.1 Å². The molecule has 3 fully saturated rings. The molecule has 3 heterocycles. The topological polar surface area (TPSA) is 324 Å². The lowest BCUT2D eigenvalue weighted by Gasteiger charge is -2.35. The minimum Gasteiger partial charge on any atom is -0.386 e. The highest BCUT2D eigenvalue weighted by Gasteiger charge is 2.43. The Morgan fingerprint density at radius 3 is 1.25 bits per heavy atom. The Morgan fingerprint density at radius 2 is 0.847 bits per heavy atom. The van der Waals surface area contributed by atoms with Gasteiger partial charge >= 0.3 is 0 Å². The highest BCUT2D eigenvalue weighted by Crippen LogP contribution is 2.39. The van der Waals surface area contributed by atoms with Crippen LogP contribution in [0.2, 0.25) is 5.02 Å². The Balaban J connectivity index is 0.628. The number of hydrogen-bond donors (Lipinski definition) is 5. The zero-order valence-electron chi connectivity index (χ0n) is 66.1. The molecule has 0 aliphatic carbocycles. The van der Waals surface area contributed by atoms with Crippen LogP contribution in [0.15, 0.2) is 60.8 Å². The van der Waals surface area contributed by atoms with Gasteiger partial charge in [0.15, 0.2) is 0 Å². The number of thioether (sulfide) groups is 1. The molecule has 0 unspecified atom stereocenters. The van der Waals surface area contributed by atoms with E-state index in [0.717, 1.165) is 43.6 Å². The summed E-state index contributed by atoms with van der Waals surface area (Å²) in [6, 6.07) is 14.0. The lowest BCUT2D eigenvalue weighted by atomic mass is 9.89. The predicted molar refractivity (Wildman–Crippen MR) is 420 cm³/mol. The van der Waals surface area contributed by atoms with Crippen LogP contribution in [0, 0.1) is 11.8 Å². The second-order valence-corrected chi connectivity index (χ2v) is 28.3. The standard InChI is InChI=1S/C79H131ClN6O24S/c1-64(2)75(79(91)86-21-15-67(16-22-86)66-11-13-71(80)14-12-66)85-78(90)69-8-6-7-68(61-69)77(89)83-20-26-95-30-34-99-38-42-103-46-50-107-52-51-104-47-43-100-39-35-96-31-27-92-23-17-65(3)81-18-24-93-28-32-97-36-40-101-44-48-105-53-55-108-57-59-110-60-58-109-56-54-106-49-45-102-41-37-98-33-29-94-25-19-82-73(87)10-5-4-9-72-76-70(63-111-72)62-74(88)84-76/h6-8,11-14,61,64,67,70,72,75-76,81H,3-5,9-10,15-60,62-63H2,1-2H3,(H,82,87)(H,83,89)(H,84,88)(H,85,90)/t70-,72-,75+,76-/m0/s1. The number of hydrogen-bond acceptors (Lipinski definition) is 26. The van der Waals surface area contributed by atoms with Crippen molar-refractivity contribution in [1.82, 2.24) is 31.5 Å². The third-order valence-electron chi connectivity index (χ3n) is 17.7. The normalized spacial score (nSPS) is 16.0. The molecule has 3 aliphatic heterocycles. The first-order valence-corrected chi connectivity index (χ1v) is 41.2. The largest absolute Gasteiger partial charge is 0.386 e. The Morgan fingerprint density at radius 1 is 0.477 bits per heavy atom. The van der Waals surface area contributed by atoms with E-state index < -0.39 is 11.9 Å². The second-order valence-electron chi connectivity index (χ2n) is 26.6. The van der Waals surface area contributed by atoms with Crippen molar-refractivity contribution in [3.63, 3.8) is 0 Å². The number of carbonyl (C=O) groups is 5. The van der Waals surface area contributed by atoms with Crippen LogP contribution in [0.3, 0.4) is 0 Å². The molecule has 0 radical (unpaired) electrons. The number of piperidine rings is 1. The molecule has 634 valence electrons. The number of halogens is 1. The molecule has 32 heteroatoms. The van der Waals surface area contributed by atoms with E-state index in [1.165, 1.54) is 11.6 Å². The Labute approximate surface area is 667 Å².